The predicted molar refractivity (Wildman–Crippen MR) is 308 cm³/mol. The quantitative estimate of drug-likeness (QED) is 0.0681. The van der Waals surface area contributed by atoms with E-state index in [0.717, 1.165) is 89.0 Å². The van der Waals surface area contributed by atoms with E-state index in [1.807, 2.05) is 0 Å². The van der Waals surface area contributed by atoms with E-state index in [4.69, 9.17) is 15.0 Å². The van der Waals surface area contributed by atoms with E-state index < -0.39 is 0 Å². The Labute approximate surface area is 440 Å². The molecule has 0 spiro atoms. The number of rotatable bonds is 23. The topological polar surface area (TPSA) is 105 Å². The zero-order valence-corrected chi connectivity index (χ0v) is 50.8. The molecule has 3 heterocycles. The molecule has 412 valence electrons. The maximum absolute atomic E-state index is 5.72. The number of piperidine rings is 2. The largest absolute Gasteiger partial charge is 0.349 e. The van der Waals surface area contributed by atoms with Crippen molar-refractivity contribution in [1.29, 1.82) is 0 Å². The molecule has 0 atom stereocenters. The third kappa shape index (κ3) is 20.4. The zero-order chi connectivity index (χ0) is 53.1. The normalized spacial score (nSPS) is 24.4. The van der Waals surface area contributed by atoms with Crippen LogP contribution in [-0.2, 0) is 0 Å². The Kier molecular flexibility index (Phi) is 19.3. The molecule has 0 unspecified atom stereocenters. The highest BCUT2D eigenvalue weighted by atomic mass is 15.4. The van der Waals surface area contributed by atoms with Gasteiger partial charge < -0.3 is 36.4 Å². The molecule has 71 heavy (non-hydrogen) atoms. The summed E-state index contributed by atoms with van der Waals surface area (Å²) in [4.78, 5) is 22.0. The molecular formula is C61H118N10. The van der Waals surface area contributed by atoms with Gasteiger partial charge in [0.05, 0.1) is 0 Å². The summed E-state index contributed by atoms with van der Waals surface area (Å²) >= 11 is 0. The molecule has 10 nitrogen and oxygen atoms in total. The van der Waals surface area contributed by atoms with E-state index in [1.165, 1.54) is 77.0 Å². The molecular weight excluding hydrogens is 873 g/mol. The molecule has 2 aliphatic heterocycles. The number of anilines is 3. The van der Waals surface area contributed by atoms with Crippen molar-refractivity contribution in [2.75, 3.05) is 41.3 Å². The molecule has 1 aromatic rings. The first-order chi connectivity index (χ1) is 32.3. The molecule has 0 radical (unpaired) electrons. The van der Waals surface area contributed by atoms with Crippen LogP contribution in [0, 0.1) is 27.1 Å². The molecule has 10 heteroatoms. The van der Waals surface area contributed by atoms with Gasteiger partial charge in [-0.15, -0.1) is 0 Å². The standard InChI is InChI=1S/C61H118N10/c1-52(2,3)42-61(20,21)67-49-64-50(70(47-38-57(12,13)68-58(14,15)39-47)32-28-24-22-26-30-62-45-34-53(4,5)43-54(6,7)35-45)66-51(65-49)71(48-40-59(16,17)69-60(18,19)41-48)33-29-25-23-27-31-63-46-36-55(8,9)44-56(10,11)37-46/h45-48,62-63,68-69H,22-44H2,1-21H3,(H,64,65,66,67). The molecule has 4 aliphatic rings. The Balaban J connectivity index is 1.41. The Bertz CT molecular complexity index is 1640. The Morgan fingerprint density at radius 1 is 0.451 bits per heavy atom. The Morgan fingerprint density at radius 3 is 1.10 bits per heavy atom. The fourth-order valence-corrected chi connectivity index (χ4v) is 16.3. The van der Waals surface area contributed by atoms with Gasteiger partial charge in [0.15, 0.2) is 0 Å². The average Bonchev–Trinajstić information content (AvgIpc) is 3.10. The van der Waals surface area contributed by atoms with Gasteiger partial charge in [0, 0.05) is 65.0 Å². The van der Waals surface area contributed by atoms with E-state index in [0.29, 0.717) is 45.8 Å². The summed E-state index contributed by atoms with van der Waals surface area (Å²) in [5, 5.41) is 19.9. The summed E-state index contributed by atoms with van der Waals surface area (Å²) in [5.41, 5.74) is 1.52. The van der Waals surface area contributed by atoms with Gasteiger partial charge in [0.2, 0.25) is 17.8 Å². The van der Waals surface area contributed by atoms with Crippen molar-refractivity contribution < 1.29 is 0 Å². The molecule has 0 amide bonds. The van der Waals surface area contributed by atoms with Crippen LogP contribution in [0.4, 0.5) is 17.8 Å². The second-order valence-electron chi connectivity index (χ2n) is 32.3. The summed E-state index contributed by atoms with van der Waals surface area (Å²) < 4.78 is 0. The van der Waals surface area contributed by atoms with Crippen LogP contribution in [0.25, 0.3) is 0 Å². The third-order valence-electron chi connectivity index (χ3n) is 16.4. The fraction of sp³-hybridized carbons (Fsp3) is 0.951. The van der Waals surface area contributed by atoms with Crippen molar-refractivity contribution >= 4 is 17.8 Å². The van der Waals surface area contributed by atoms with Crippen LogP contribution in [-0.4, -0.2) is 93.0 Å². The van der Waals surface area contributed by atoms with Gasteiger partial charge in [0.25, 0.3) is 0 Å². The van der Waals surface area contributed by atoms with E-state index in [1.54, 1.807) is 0 Å². The third-order valence-corrected chi connectivity index (χ3v) is 16.4. The molecule has 5 N–H and O–H groups in total. The van der Waals surface area contributed by atoms with Gasteiger partial charge in [-0.2, -0.15) is 15.0 Å². The fourth-order valence-electron chi connectivity index (χ4n) is 16.3. The van der Waals surface area contributed by atoms with Crippen molar-refractivity contribution in [3.05, 3.63) is 0 Å². The minimum Gasteiger partial charge on any atom is -0.349 e. The zero-order valence-electron chi connectivity index (χ0n) is 50.8. The lowest BCUT2D eigenvalue weighted by Crippen LogP contribution is -2.63. The Morgan fingerprint density at radius 2 is 0.775 bits per heavy atom. The van der Waals surface area contributed by atoms with Gasteiger partial charge in [0.1, 0.15) is 0 Å². The van der Waals surface area contributed by atoms with E-state index in [-0.39, 0.29) is 33.1 Å². The van der Waals surface area contributed by atoms with Gasteiger partial charge in [-0.05, 0) is 206 Å². The lowest BCUT2D eigenvalue weighted by Gasteiger charge is -2.50. The molecule has 2 aliphatic carbocycles. The highest BCUT2D eigenvalue weighted by Gasteiger charge is 2.44. The molecule has 0 bridgehead atoms. The SMILES string of the molecule is CC(C)(C)CC(C)(C)Nc1nc(N(CCCCCCNC2CC(C)(C)CC(C)(C)C2)C2CC(C)(C)NC(C)(C)C2)nc(N(CCCCCCNC2CC(C)(C)CC(C)(C)C2)C2CC(C)(C)NC(C)(C)C2)n1. The number of hydrogen-bond donors (Lipinski definition) is 5. The average molecular weight is 992 g/mol. The number of nitrogens with zero attached hydrogens (tertiary/aromatic N) is 5. The molecule has 2 saturated carbocycles. The van der Waals surface area contributed by atoms with Crippen molar-refractivity contribution in [3.63, 3.8) is 0 Å². The lowest BCUT2D eigenvalue weighted by molar-refractivity contribution is 0.0846. The van der Waals surface area contributed by atoms with Gasteiger partial charge in [-0.1, -0.05) is 102 Å². The van der Waals surface area contributed by atoms with Crippen molar-refractivity contribution in [1.82, 2.24) is 36.2 Å². The molecule has 1 aromatic heterocycles. The maximum Gasteiger partial charge on any atom is 0.232 e. The maximum atomic E-state index is 5.72. The first-order valence-electron chi connectivity index (χ1n) is 29.4. The summed E-state index contributed by atoms with van der Waals surface area (Å²) in [6, 6.07) is 1.86. The highest BCUT2D eigenvalue weighted by Crippen LogP contribution is 2.47. The van der Waals surface area contributed by atoms with Crippen LogP contribution >= 0.6 is 0 Å². The number of aromatic nitrogens is 3. The second kappa shape index (κ2) is 22.8. The van der Waals surface area contributed by atoms with Crippen LogP contribution in [0.1, 0.15) is 267 Å². The van der Waals surface area contributed by atoms with Crippen molar-refractivity contribution in [2.45, 2.75) is 319 Å². The first kappa shape index (κ1) is 60.1. The first-order valence-corrected chi connectivity index (χ1v) is 29.4. The molecule has 2 saturated heterocycles. The summed E-state index contributed by atoms with van der Waals surface area (Å²) in [7, 11) is 0. The summed E-state index contributed by atoms with van der Waals surface area (Å²) in [6.45, 7) is 54.6. The number of unbranched alkanes of at least 4 members (excludes halogenated alkanes) is 6. The van der Waals surface area contributed by atoms with Gasteiger partial charge >= 0.3 is 0 Å². The van der Waals surface area contributed by atoms with Crippen molar-refractivity contribution in [2.24, 2.45) is 27.1 Å². The highest BCUT2D eigenvalue weighted by molar-refractivity contribution is 5.48. The van der Waals surface area contributed by atoms with Crippen LogP contribution in [0.15, 0.2) is 0 Å². The Hall–Kier alpha value is -1.75. The summed E-state index contributed by atoms with van der Waals surface area (Å²) in [5.74, 6) is 2.42. The number of nitrogens with one attached hydrogen (secondary N) is 5. The van der Waals surface area contributed by atoms with Crippen LogP contribution in [0.5, 0.6) is 0 Å². The molecule has 5 rings (SSSR count). The van der Waals surface area contributed by atoms with E-state index in [2.05, 4.69) is 182 Å². The van der Waals surface area contributed by atoms with Gasteiger partial charge in [-0.3, -0.25) is 0 Å². The second-order valence-corrected chi connectivity index (χ2v) is 32.3. The molecule has 0 aromatic carbocycles. The van der Waals surface area contributed by atoms with E-state index >= 15 is 0 Å². The van der Waals surface area contributed by atoms with Crippen LogP contribution in [0.2, 0.25) is 0 Å². The monoisotopic (exact) mass is 991 g/mol. The minimum absolute atomic E-state index is 0.0123. The minimum atomic E-state index is -0.213. The van der Waals surface area contributed by atoms with Gasteiger partial charge in [-0.25, -0.2) is 0 Å². The lowest BCUT2D eigenvalue weighted by atomic mass is 9.63. The smallest absolute Gasteiger partial charge is 0.232 e. The summed E-state index contributed by atoms with van der Waals surface area (Å²) in [6.07, 6.45) is 22.5. The van der Waals surface area contributed by atoms with E-state index in [9.17, 15) is 0 Å². The van der Waals surface area contributed by atoms with Crippen molar-refractivity contribution in [3.8, 4) is 0 Å². The molecule has 4 fully saturated rings. The van der Waals surface area contributed by atoms with Crippen LogP contribution in [0.3, 0.4) is 0 Å². The number of hydrogen-bond acceptors (Lipinski definition) is 10. The predicted octanol–water partition coefficient (Wildman–Crippen LogP) is 14.2. The van der Waals surface area contributed by atoms with Crippen LogP contribution < -0.4 is 36.4 Å².